The van der Waals surface area contributed by atoms with Gasteiger partial charge in [0, 0.05) is 9.90 Å². The first kappa shape index (κ1) is 14.4. The number of carbonyl (C=O) groups excluding carboxylic acids is 1. The molecule has 1 aromatic carbocycles. The minimum Gasteiger partial charge on any atom is -0.300 e. The Balaban J connectivity index is 1.85. The molecule has 1 saturated heterocycles. The highest BCUT2D eigenvalue weighted by molar-refractivity contribution is 8.18. The van der Waals surface area contributed by atoms with E-state index in [0.29, 0.717) is 15.1 Å². The number of hydrogen-bond acceptors (Lipinski definition) is 4. The second-order valence-corrected chi connectivity index (χ2v) is 6.84. The van der Waals surface area contributed by atoms with Crippen molar-refractivity contribution in [2.75, 3.05) is 0 Å². The molecule has 3 rings (SSSR count). The van der Waals surface area contributed by atoms with Crippen LogP contribution >= 0.6 is 34.7 Å². The van der Waals surface area contributed by atoms with Crippen LogP contribution in [0.2, 0.25) is 5.02 Å². The molecule has 2 aromatic rings. The summed E-state index contributed by atoms with van der Waals surface area (Å²) in [6.45, 7) is 2.03. The fraction of sp³-hybridized carbons (Fsp3) is 0.0667. The molecule has 0 saturated carbocycles. The summed E-state index contributed by atoms with van der Waals surface area (Å²) in [5, 5.41) is 5.98. The summed E-state index contributed by atoms with van der Waals surface area (Å²) in [4.78, 5) is 18.1. The summed E-state index contributed by atoms with van der Waals surface area (Å²) in [7, 11) is 0. The second-order valence-electron chi connectivity index (χ2n) is 4.43. The number of aryl methyl sites for hydroxylation is 1. The van der Waals surface area contributed by atoms with Crippen molar-refractivity contribution in [3.8, 4) is 0 Å². The third-order valence-corrected chi connectivity index (χ3v) is 4.96. The predicted octanol–water partition coefficient (Wildman–Crippen LogP) is 4.60. The van der Waals surface area contributed by atoms with Crippen LogP contribution in [0.1, 0.15) is 10.4 Å². The molecule has 1 aliphatic rings. The number of rotatable bonds is 2. The Morgan fingerprint density at radius 1 is 1.33 bits per heavy atom. The van der Waals surface area contributed by atoms with E-state index in [1.807, 2.05) is 36.6 Å². The summed E-state index contributed by atoms with van der Waals surface area (Å²) >= 11 is 8.89. The van der Waals surface area contributed by atoms with Crippen LogP contribution in [-0.2, 0) is 4.79 Å². The molecule has 0 bridgehead atoms. The van der Waals surface area contributed by atoms with E-state index < -0.39 is 0 Å². The quantitative estimate of drug-likeness (QED) is 0.815. The summed E-state index contributed by atoms with van der Waals surface area (Å²) in [5.74, 6) is -0.117. The van der Waals surface area contributed by atoms with Crippen LogP contribution in [0, 0.1) is 6.92 Å². The van der Waals surface area contributed by atoms with Crippen molar-refractivity contribution in [1.82, 2.24) is 5.32 Å². The Morgan fingerprint density at radius 2 is 2.19 bits per heavy atom. The number of aliphatic imine (C=N–C) groups is 1. The van der Waals surface area contributed by atoms with Gasteiger partial charge in [-0.1, -0.05) is 17.7 Å². The fourth-order valence-electron chi connectivity index (χ4n) is 1.79. The average Bonchev–Trinajstić information content (AvgIpc) is 2.98. The topological polar surface area (TPSA) is 41.5 Å². The maximum absolute atomic E-state index is 12.0. The van der Waals surface area contributed by atoms with Gasteiger partial charge >= 0.3 is 0 Å². The molecule has 0 aliphatic carbocycles. The molecule has 1 amide bonds. The molecule has 21 heavy (non-hydrogen) atoms. The molecule has 0 unspecified atom stereocenters. The number of hydrogen-bond donors (Lipinski definition) is 1. The second kappa shape index (κ2) is 6.05. The molecule has 1 N–H and O–H groups in total. The van der Waals surface area contributed by atoms with Crippen molar-refractivity contribution in [2.45, 2.75) is 6.92 Å². The first-order chi connectivity index (χ1) is 10.1. The van der Waals surface area contributed by atoms with E-state index in [9.17, 15) is 4.79 Å². The SMILES string of the molecule is Cc1ccsc1/C=C1\SC(=Nc2cccc(Cl)c2)NC1=O. The Morgan fingerprint density at radius 3 is 2.90 bits per heavy atom. The van der Waals surface area contributed by atoms with E-state index in [1.165, 1.54) is 17.3 Å². The normalized spacial score (nSPS) is 18.5. The van der Waals surface area contributed by atoms with E-state index in [0.717, 1.165) is 10.6 Å². The number of thiophene rings is 1. The fourth-order valence-corrected chi connectivity index (χ4v) is 3.74. The Kier molecular flexibility index (Phi) is 4.14. The van der Waals surface area contributed by atoms with Gasteiger partial charge in [0.25, 0.3) is 5.91 Å². The van der Waals surface area contributed by atoms with E-state index in [-0.39, 0.29) is 5.91 Å². The van der Waals surface area contributed by atoms with Gasteiger partial charge in [0.15, 0.2) is 5.17 Å². The number of amides is 1. The highest BCUT2D eigenvalue weighted by Crippen LogP contribution is 2.30. The van der Waals surface area contributed by atoms with Gasteiger partial charge in [-0.2, -0.15) is 0 Å². The lowest BCUT2D eigenvalue weighted by molar-refractivity contribution is -0.115. The summed E-state index contributed by atoms with van der Waals surface area (Å²) in [6.07, 6.45) is 1.90. The van der Waals surface area contributed by atoms with Gasteiger partial charge in [0.1, 0.15) is 0 Å². The lowest BCUT2D eigenvalue weighted by Crippen LogP contribution is -2.19. The molecule has 6 heteroatoms. The van der Waals surface area contributed by atoms with E-state index in [2.05, 4.69) is 10.3 Å². The van der Waals surface area contributed by atoms with Crippen LogP contribution in [0.25, 0.3) is 6.08 Å². The number of nitrogens with one attached hydrogen (secondary N) is 1. The highest BCUT2D eigenvalue weighted by atomic mass is 35.5. The maximum atomic E-state index is 12.0. The van der Waals surface area contributed by atoms with Crippen LogP contribution in [0.15, 0.2) is 45.6 Å². The van der Waals surface area contributed by atoms with Gasteiger partial charge in [0.2, 0.25) is 0 Å². The Labute approximate surface area is 135 Å². The molecule has 1 fully saturated rings. The average molecular weight is 335 g/mol. The van der Waals surface area contributed by atoms with Crippen molar-refractivity contribution in [2.24, 2.45) is 4.99 Å². The predicted molar refractivity (Wildman–Crippen MR) is 91.3 cm³/mol. The Hall–Kier alpha value is -1.56. The first-order valence-corrected chi connectivity index (χ1v) is 8.28. The van der Waals surface area contributed by atoms with Crippen LogP contribution in [-0.4, -0.2) is 11.1 Å². The number of benzene rings is 1. The van der Waals surface area contributed by atoms with E-state index in [1.54, 1.807) is 23.5 Å². The van der Waals surface area contributed by atoms with Crippen molar-refractivity contribution in [3.05, 3.63) is 56.1 Å². The number of thioether (sulfide) groups is 1. The first-order valence-electron chi connectivity index (χ1n) is 6.21. The molecule has 1 aromatic heterocycles. The van der Waals surface area contributed by atoms with Crippen LogP contribution in [0.4, 0.5) is 5.69 Å². The lowest BCUT2D eigenvalue weighted by Gasteiger charge is -1.96. The van der Waals surface area contributed by atoms with Gasteiger partial charge in [0.05, 0.1) is 10.6 Å². The maximum Gasteiger partial charge on any atom is 0.264 e. The molecule has 2 heterocycles. The number of amidine groups is 1. The van der Waals surface area contributed by atoms with Gasteiger partial charge < -0.3 is 5.32 Å². The molecule has 0 atom stereocenters. The number of halogens is 1. The zero-order valence-electron chi connectivity index (χ0n) is 11.1. The van der Waals surface area contributed by atoms with Gasteiger partial charge in [-0.3, -0.25) is 4.79 Å². The lowest BCUT2D eigenvalue weighted by atomic mass is 10.3. The van der Waals surface area contributed by atoms with Crippen LogP contribution in [0.5, 0.6) is 0 Å². The summed E-state index contributed by atoms with van der Waals surface area (Å²) in [5.41, 5.74) is 1.89. The summed E-state index contributed by atoms with van der Waals surface area (Å²) < 4.78 is 0. The standard InChI is InChI=1S/C15H11ClN2OS2/c1-9-5-6-20-12(9)8-13-14(19)18-15(21-13)17-11-4-2-3-10(16)7-11/h2-8H,1H3,(H,17,18,19)/b13-8-. The van der Waals surface area contributed by atoms with Gasteiger partial charge in [-0.15, -0.1) is 11.3 Å². The number of nitrogens with zero attached hydrogens (tertiary/aromatic N) is 1. The molecule has 0 radical (unpaired) electrons. The Bertz CT molecular complexity index is 765. The molecule has 1 aliphatic heterocycles. The zero-order valence-corrected chi connectivity index (χ0v) is 13.5. The number of carbonyl (C=O) groups is 1. The van der Waals surface area contributed by atoms with Crippen molar-refractivity contribution >= 4 is 57.5 Å². The molecular formula is C15H11ClN2OS2. The van der Waals surface area contributed by atoms with E-state index >= 15 is 0 Å². The van der Waals surface area contributed by atoms with E-state index in [4.69, 9.17) is 11.6 Å². The highest BCUT2D eigenvalue weighted by Gasteiger charge is 2.24. The molecular weight excluding hydrogens is 324 g/mol. The van der Waals surface area contributed by atoms with Crippen LogP contribution < -0.4 is 5.32 Å². The minimum atomic E-state index is -0.117. The van der Waals surface area contributed by atoms with Crippen molar-refractivity contribution in [3.63, 3.8) is 0 Å². The molecule has 0 spiro atoms. The minimum absolute atomic E-state index is 0.117. The van der Waals surface area contributed by atoms with Crippen molar-refractivity contribution < 1.29 is 4.79 Å². The van der Waals surface area contributed by atoms with Crippen LogP contribution in [0.3, 0.4) is 0 Å². The zero-order chi connectivity index (χ0) is 14.8. The largest absolute Gasteiger partial charge is 0.300 e. The monoisotopic (exact) mass is 334 g/mol. The summed E-state index contributed by atoms with van der Waals surface area (Å²) in [6, 6.07) is 9.25. The molecule has 106 valence electrons. The van der Waals surface area contributed by atoms with Gasteiger partial charge in [-0.25, -0.2) is 4.99 Å². The third kappa shape index (κ3) is 3.37. The smallest absolute Gasteiger partial charge is 0.264 e. The third-order valence-electron chi connectivity index (χ3n) is 2.85. The van der Waals surface area contributed by atoms with Gasteiger partial charge in [-0.05, 0) is 60.0 Å². The molecule has 3 nitrogen and oxygen atoms in total. The van der Waals surface area contributed by atoms with Crippen molar-refractivity contribution in [1.29, 1.82) is 0 Å².